The van der Waals surface area contributed by atoms with Crippen LogP contribution in [0.2, 0.25) is 0 Å². The van der Waals surface area contributed by atoms with Crippen LogP contribution in [0.5, 0.6) is 0 Å². The minimum absolute atomic E-state index is 0. The molecule has 0 amide bonds. The molecule has 0 unspecified atom stereocenters. The number of halogens is 2. The molecular formula is C5H16I2. The molecule has 0 aromatic heterocycles. The Kier molecular flexibility index (Phi) is 174. The smallest absolute Gasteiger partial charge is 0 e. The number of hydrogen-bond donors (Lipinski definition) is 0. The first-order chi connectivity index (χ1) is 2.41. The molecule has 0 aromatic carbocycles. The van der Waals surface area contributed by atoms with Gasteiger partial charge in [-0.15, -0.1) is 0 Å². The monoisotopic (exact) mass is 330 g/mol. The van der Waals surface area contributed by atoms with Crippen molar-refractivity contribution < 1.29 is 0 Å². The predicted molar refractivity (Wildman–Crippen MR) is 57.5 cm³/mol. The topological polar surface area (TPSA) is 0 Å². The van der Waals surface area contributed by atoms with Gasteiger partial charge in [0.2, 0.25) is 0 Å². The maximum Gasteiger partial charge on any atom is 0 e. The second kappa shape index (κ2) is 51.4. The first-order valence-corrected chi connectivity index (χ1v) is 7.84. The van der Waals surface area contributed by atoms with Gasteiger partial charge >= 0.3 is 0 Å². The summed E-state index contributed by atoms with van der Waals surface area (Å²) in [5.41, 5.74) is 0. The van der Waals surface area contributed by atoms with Gasteiger partial charge in [-0.3, -0.25) is 0 Å². The summed E-state index contributed by atoms with van der Waals surface area (Å²) in [6, 6.07) is 0. The Morgan fingerprint density at radius 2 is 1.00 bits per heavy atom. The van der Waals surface area contributed by atoms with Crippen LogP contribution >= 0.6 is 37.2 Å². The van der Waals surface area contributed by atoms with Gasteiger partial charge in [0.1, 0.15) is 0 Å². The first-order valence-electron chi connectivity index (χ1n) is 1.56. The molecule has 7 heavy (non-hydrogen) atoms. The highest BCUT2D eigenvalue weighted by Crippen LogP contribution is 1.89. The van der Waals surface area contributed by atoms with Crippen molar-refractivity contribution in [3.05, 3.63) is 0 Å². The van der Waals surface area contributed by atoms with Gasteiger partial charge < -0.3 is 0 Å². The average molecular weight is 330 g/mol. The molecule has 0 aliphatic rings. The summed E-state index contributed by atoms with van der Waals surface area (Å²) in [6.07, 6.45) is 1.25. The predicted octanol–water partition coefficient (Wildman–Crippen LogP) is 4.46. The third-order valence-electron chi connectivity index (χ3n) is 0. The van der Waals surface area contributed by atoms with Crippen molar-refractivity contribution in [2.45, 2.75) is 35.1 Å². The second-order valence-corrected chi connectivity index (χ2v) is 0.707. The van der Waals surface area contributed by atoms with E-state index in [1.54, 1.807) is 0 Å². The molecule has 0 bridgehead atoms. The summed E-state index contributed by atoms with van der Waals surface area (Å²) in [6.45, 7) is 4.25. The molecule has 0 saturated heterocycles. The molecule has 0 rings (SSSR count). The van der Waals surface area contributed by atoms with Crippen molar-refractivity contribution in [2.24, 2.45) is 0 Å². The molecule has 0 aliphatic heterocycles. The van der Waals surface area contributed by atoms with E-state index in [0.717, 1.165) is 0 Å². The van der Waals surface area contributed by atoms with Crippen molar-refractivity contribution in [1.82, 2.24) is 0 Å². The van der Waals surface area contributed by atoms with E-state index in [1.165, 1.54) is 6.42 Å². The summed E-state index contributed by atoms with van der Waals surface area (Å²) < 4.78 is 0. The lowest BCUT2D eigenvalue weighted by Gasteiger charge is -1.48. The minimum Gasteiger partial charge on any atom is -0.0776 e. The molecule has 0 aromatic rings. The van der Waals surface area contributed by atoms with Crippen LogP contribution in [-0.4, -0.2) is 0 Å². The summed E-state index contributed by atoms with van der Waals surface area (Å²) >= 11 is 4.24. The van der Waals surface area contributed by atoms with Crippen molar-refractivity contribution in [1.29, 1.82) is 0 Å². The Bertz CT molecular complexity index is 6.04. The fraction of sp³-hybridized carbons (Fsp3) is 1.00. The van der Waals surface area contributed by atoms with Gasteiger partial charge in [0.25, 0.3) is 0 Å². The maximum absolute atomic E-state index is 2.12. The van der Waals surface area contributed by atoms with Crippen molar-refractivity contribution in [3.63, 3.8) is 0 Å². The Hall–Kier alpha value is 1.46. The molecule has 0 nitrogen and oxygen atoms in total. The van der Waals surface area contributed by atoms with Gasteiger partial charge in [0.15, 0.2) is 0 Å². The first kappa shape index (κ1) is 23.7. The molecule has 0 aliphatic carbocycles. The summed E-state index contributed by atoms with van der Waals surface area (Å²) in [5.74, 6) is 0. The van der Waals surface area contributed by atoms with E-state index >= 15 is 0 Å². The van der Waals surface area contributed by atoms with Crippen LogP contribution in [0.3, 0.4) is 0 Å². The minimum atomic E-state index is 0. The summed E-state index contributed by atoms with van der Waals surface area (Å²) in [5, 5.41) is 0. The van der Waals surface area contributed by atoms with Gasteiger partial charge in [-0.1, -0.05) is 35.1 Å². The van der Waals surface area contributed by atoms with Crippen LogP contribution in [-0.2, 0) is 0 Å². The molecule has 0 radical (unpaired) electrons. The molecule has 0 spiro atoms. The Morgan fingerprint density at radius 3 is 1.00 bits per heavy atom. The highest BCUT2D eigenvalue weighted by molar-refractivity contribution is 15.0. The lowest BCUT2D eigenvalue weighted by Crippen LogP contribution is -1.27. The van der Waals surface area contributed by atoms with E-state index < -0.39 is 0 Å². The van der Waals surface area contributed by atoms with E-state index in [-0.39, 0.29) is 14.9 Å². The van der Waals surface area contributed by atoms with Crippen LogP contribution in [0.25, 0.3) is 0 Å². The van der Waals surface area contributed by atoms with Crippen molar-refractivity contribution in [3.8, 4) is 0 Å². The largest absolute Gasteiger partial charge is 0.0776 e. The summed E-state index contributed by atoms with van der Waals surface area (Å²) in [4.78, 5) is 0. The number of hydrogen-bond acceptors (Lipinski definition) is 0. The molecule has 0 heterocycles. The Morgan fingerprint density at radius 1 is 1.00 bits per heavy atom. The van der Waals surface area contributed by atoms with Crippen LogP contribution in [0, 0.1) is 0 Å². The normalized spacial score (nSPS) is 3.43. The van der Waals surface area contributed by atoms with Crippen molar-refractivity contribution >= 4 is 37.2 Å². The fourth-order valence-corrected chi connectivity index (χ4v) is 0. The molecule has 50 valence electrons. The molecule has 0 fully saturated rings. The van der Waals surface area contributed by atoms with Crippen LogP contribution in [0.15, 0.2) is 0 Å². The highest BCUT2D eigenvalue weighted by Gasteiger charge is 1.35. The van der Waals surface area contributed by atoms with Gasteiger partial charge in [0.05, 0.1) is 0 Å². The zero-order valence-electron chi connectivity index (χ0n) is 3.46. The van der Waals surface area contributed by atoms with E-state index in [9.17, 15) is 0 Å². The second-order valence-electron chi connectivity index (χ2n) is 0.707. The van der Waals surface area contributed by atoms with Gasteiger partial charge in [0, 0.05) is 37.2 Å². The zero-order chi connectivity index (χ0) is 4.71. The molecular weight excluding hydrogens is 314 g/mol. The van der Waals surface area contributed by atoms with Gasteiger partial charge in [-0.2, -0.15) is 0 Å². The SMILES string of the molecule is C.C.CCC.II. The Labute approximate surface area is 71.8 Å². The molecule has 0 atom stereocenters. The van der Waals surface area contributed by atoms with Crippen LogP contribution in [0.4, 0.5) is 0 Å². The Balaban J connectivity index is -0.0000000105. The molecule has 2 heteroatoms. The van der Waals surface area contributed by atoms with E-state index in [4.69, 9.17) is 0 Å². The van der Waals surface area contributed by atoms with Crippen LogP contribution in [0.1, 0.15) is 35.1 Å². The van der Waals surface area contributed by atoms with Crippen molar-refractivity contribution in [2.75, 3.05) is 0 Å². The van der Waals surface area contributed by atoms with E-state index in [0.29, 0.717) is 0 Å². The lowest BCUT2D eigenvalue weighted by atomic mass is 10.6. The third kappa shape index (κ3) is 104. The van der Waals surface area contributed by atoms with E-state index in [1.807, 2.05) is 0 Å². The van der Waals surface area contributed by atoms with Gasteiger partial charge in [-0.05, 0) is 0 Å². The number of rotatable bonds is 0. The standard InChI is InChI=1S/C3H8.2CH4.I2/c1-3-2;;;1-2/h3H2,1-2H3;2*1H4;. The summed E-state index contributed by atoms with van der Waals surface area (Å²) in [7, 11) is 0. The zero-order valence-corrected chi connectivity index (χ0v) is 7.78. The van der Waals surface area contributed by atoms with E-state index in [2.05, 4.69) is 51.1 Å². The quantitative estimate of drug-likeness (QED) is 0.576. The lowest BCUT2D eigenvalue weighted by molar-refractivity contribution is 1.09. The highest BCUT2D eigenvalue weighted by atomic mass is 128. The average Bonchev–Trinajstić information content (AvgIpc) is 1.46. The molecule has 0 saturated carbocycles. The fourth-order valence-electron chi connectivity index (χ4n) is 0. The molecule has 0 N–H and O–H groups in total. The van der Waals surface area contributed by atoms with Gasteiger partial charge in [-0.25, -0.2) is 0 Å². The third-order valence-corrected chi connectivity index (χ3v) is 0. The van der Waals surface area contributed by atoms with Crippen LogP contribution < -0.4 is 0 Å². The maximum atomic E-state index is 2.12.